The minimum absolute atomic E-state index is 0.0908. The first kappa shape index (κ1) is 27.0. The highest BCUT2D eigenvalue weighted by Gasteiger charge is 2.31. The standard InChI is InChI=1S/C32H35N7O2S/c1-21(40)34-32-35-27-14-13-26-28(23-6-5-15-33-20-23)36-39(29(26)30(27)42-32)25-11-9-22(10-12-25)31(41)38-18-16-37(17-19-38)24-7-3-2-4-8-24/h5-6,9-12,15,20,24H,2-4,7-8,13-14,16-19H2,1H3,(H,34,35,40). The summed E-state index contributed by atoms with van der Waals surface area (Å²) in [5.74, 6) is -0.0467. The second-order valence-electron chi connectivity index (χ2n) is 11.5. The zero-order valence-corrected chi connectivity index (χ0v) is 24.7. The molecule has 1 aliphatic heterocycles. The molecule has 0 bridgehead atoms. The van der Waals surface area contributed by atoms with Crippen LogP contribution in [0.5, 0.6) is 0 Å². The van der Waals surface area contributed by atoms with Crippen LogP contribution in [0.2, 0.25) is 0 Å². The van der Waals surface area contributed by atoms with Crippen LogP contribution in [0, 0.1) is 0 Å². The molecule has 3 aromatic heterocycles. The van der Waals surface area contributed by atoms with Crippen LogP contribution in [0.4, 0.5) is 5.13 Å². The molecule has 3 aliphatic rings. The van der Waals surface area contributed by atoms with Crippen LogP contribution < -0.4 is 5.32 Å². The fourth-order valence-corrected chi connectivity index (χ4v) is 7.78. The lowest BCUT2D eigenvalue weighted by Gasteiger charge is -2.40. The lowest BCUT2D eigenvalue weighted by molar-refractivity contribution is -0.114. The van der Waals surface area contributed by atoms with Gasteiger partial charge in [-0.15, -0.1) is 0 Å². The van der Waals surface area contributed by atoms with Crippen molar-refractivity contribution < 1.29 is 9.59 Å². The molecule has 0 unspecified atom stereocenters. The number of carbonyl (C=O) groups excluding carboxylic acids is 2. The van der Waals surface area contributed by atoms with Gasteiger partial charge < -0.3 is 10.2 Å². The maximum atomic E-state index is 13.4. The van der Waals surface area contributed by atoms with Gasteiger partial charge in [0.15, 0.2) is 5.13 Å². The van der Waals surface area contributed by atoms with Crippen molar-refractivity contribution >= 4 is 28.3 Å². The lowest BCUT2D eigenvalue weighted by atomic mass is 9.94. The Morgan fingerprint density at radius 3 is 2.48 bits per heavy atom. The van der Waals surface area contributed by atoms with E-state index in [2.05, 4.69) is 15.2 Å². The molecular formula is C32H35N7O2S. The Labute approximate surface area is 249 Å². The number of rotatable bonds is 5. The van der Waals surface area contributed by atoms with Gasteiger partial charge in [-0.3, -0.25) is 19.5 Å². The van der Waals surface area contributed by atoms with Gasteiger partial charge in [0.1, 0.15) is 0 Å². The molecule has 9 nitrogen and oxygen atoms in total. The topological polar surface area (TPSA) is 96.2 Å². The molecule has 4 heterocycles. The minimum Gasteiger partial charge on any atom is -0.336 e. The molecule has 0 spiro atoms. The Bertz CT molecular complexity index is 1600. The van der Waals surface area contributed by atoms with Gasteiger partial charge in [0, 0.05) is 68.2 Å². The molecular weight excluding hydrogens is 546 g/mol. The van der Waals surface area contributed by atoms with Crippen molar-refractivity contribution in [3.8, 4) is 27.5 Å². The van der Waals surface area contributed by atoms with E-state index in [1.165, 1.54) is 50.4 Å². The van der Waals surface area contributed by atoms with Gasteiger partial charge in [-0.25, -0.2) is 9.67 Å². The molecule has 216 valence electrons. The van der Waals surface area contributed by atoms with Gasteiger partial charge in [0.05, 0.1) is 27.6 Å². The molecule has 4 aromatic rings. The largest absolute Gasteiger partial charge is 0.336 e. The number of hydrogen-bond donors (Lipinski definition) is 1. The number of amides is 2. The molecule has 1 N–H and O–H groups in total. The van der Waals surface area contributed by atoms with Crippen LogP contribution in [0.1, 0.15) is 60.6 Å². The van der Waals surface area contributed by atoms with E-state index < -0.39 is 0 Å². The highest BCUT2D eigenvalue weighted by molar-refractivity contribution is 7.19. The summed E-state index contributed by atoms with van der Waals surface area (Å²) < 4.78 is 1.96. The molecule has 1 saturated heterocycles. The van der Waals surface area contributed by atoms with E-state index in [0.29, 0.717) is 16.7 Å². The van der Waals surface area contributed by atoms with Crippen LogP contribution >= 0.6 is 11.3 Å². The Hall–Kier alpha value is -3.89. The molecule has 2 aliphatic carbocycles. The number of anilines is 1. The molecule has 7 rings (SSSR count). The van der Waals surface area contributed by atoms with Crippen molar-refractivity contribution in [2.24, 2.45) is 0 Å². The third kappa shape index (κ3) is 5.13. The van der Waals surface area contributed by atoms with E-state index in [1.54, 1.807) is 6.20 Å². The number of aryl methyl sites for hydroxylation is 1. The highest BCUT2D eigenvalue weighted by Crippen LogP contribution is 2.44. The Morgan fingerprint density at radius 2 is 1.76 bits per heavy atom. The van der Waals surface area contributed by atoms with Crippen LogP contribution in [-0.4, -0.2) is 73.6 Å². The van der Waals surface area contributed by atoms with E-state index in [0.717, 1.165) is 77.8 Å². The third-order valence-electron chi connectivity index (χ3n) is 8.78. The Kier molecular flexibility index (Phi) is 7.33. The molecule has 1 aromatic carbocycles. The van der Waals surface area contributed by atoms with Crippen molar-refractivity contribution in [1.82, 2.24) is 29.5 Å². The Morgan fingerprint density at radius 1 is 0.976 bits per heavy atom. The number of aromatic nitrogens is 4. The molecule has 2 fully saturated rings. The van der Waals surface area contributed by atoms with Crippen molar-refractivity contribution in [3.05, 3.63) is 65.6 Å². The monoisotopic (exact) mass is 581 g/mol. The number of nitrogens with one attached hydrogen (secondary N) is 1. The summed E-state index contributed by atoms with van der Waals surface area (Å²) in [4.78, 5) is 39.8. The number of hydrogen-bond acceptors (Lipinski definition) is 7. The molecule has 0 atom stereocenters. The van der Waals surface area contributed by atoms with E-state index in [9.17, 15) is 9.59 Å². The van der Waals surface area contributed by atoms with Crippen LogP contribution in [0.3, 0.4) is 0 Å². The molecule has 2 amide bonds. The zero-order chi connectivity index (χ0) is 28.6. The fourth-order valence-electron chi connectivity index (χ4n) is 6.66. The zero-order valence-electron chi connectivity index (χ0n) is 23.9. The fraction of sp³-hybridized carbons (Fsp3) is 0.406. The number of fused-ring (bicyclic) bond motifs is 3. The summed E-state index contributed by atoms with van der Waals surface area (Å²) in [5, 5.41) is 8.53. The maximum Gasteiger partial charge on any atom is 0.253 e. The molecule has 0 radical (unpaired) electrons. The normalized spacial score (nSPS) is 17.5. The quantitative estimate of drug-likeness (QED) is 0.348. The summed E-state index contributed by atoms with van der Waals surface area (Å²) in [5.41, 5.74) is 6.53. The van der Waals surface area contributed by atoms with E-state index in [1.807, 2.05) is 52.2 Å². The predicted molar refractivity (Wildman–Crippen MR) is 164 cm³/mol. The number of benzene rings is 1. The molecule has 10 heteroatoms. The van der Waals surface area contributed by atoms with Gasteiger partial charge in [0.2, 0.25) is 5.91 Å². The first-order chi connectivity index (χ1) is 20.5. The third-order valence-corrected chi connectivity index (χ3v) is 9.80. The van der Waals surface area contributed by atoms with Crippen molar-refractivity contribution in [2.45, 2.75) is 57.9 Å². The summed E-state index contributed by atoms with van der Waals surface area (Å²) in [7, 11) is 0. The predicted octanol–water partition coefficient (Wildman–Crippen LogP) is 5.21. The van der Waals surface area contributed by atoms with Crippen molar-refractivity contribution in [1.29, 1.82) is 0 Å². The number of piperazine rings is 1. The number of carbonyl (C=O) groups is 2. The van der Waals surface area contributed by atoms with Crippen LogP contribution in [-0.2, 0) is 17.6 Å². The summed E-state index contributed by atoms with van der Waals surface area (Å²) in [6, 6.07) is 12.4. The van der Waals surface area contributed by atoms with Gasteiger partial charge in [-0.05, 0) is 62.1 Å². The second kappa shape index (κ2) is 11.4. The molecule has 1 saturated carbocycles. The second-order valence-corrected chi connectivity index (χ2v) is 12.5. The van der Waals surface area contributed by atoms with Crippen molar-refractivity contribution in [2.75, 3.05) is 31.5 Å². The summed E-state index contributed by atoms with van der Waals surface area (Å²) in [6.07, 6.45) is 11.8. The van der Waals surface area contributed by atoms with E-state index >= 15 is 0 Å². The number of thiazole rings is 1. The first-order valence-electron chi connectivity index (χ1n) is 15.0. The van der Waals surface area contributed by atoms with E-state index in [4.69, 9.17) is 10.1 Å². The lowest BCUT2D eigenvalue weighted by Crippen LogP contribution is -2.52. The first-order valence-corrected chi connectivity index (χ1v) is 15.8. The van der Waals surface area contributed by atoms with Gasteiger partial charge >= 0.3 is 0 Å². The average molecular weight is 582 g/mol. The Balaban J connectivity index is 1.17. The number of pyridine rings is 1. The van der Waals surface area contributed by atoms with Crippen LogP contribution in [0.15, 0.2) is 48.8 Å². The van der Waals surface area contributed by atoms with Gasteiger partial charge in [0.25, 0.3) is 5.91 Å². The number of nitrogens with zero attached hydrogens (tertiary/aromatic N) is 6. The summed E-state index contributed by atoms with van der Waals surface area (Å²) >= 11 is 1.48. The SMILES string of the molecule is CC(=O)Nc1nc2c(s1)-c1c(c(-c3cccnc3)nn1-c1ccc(C(=O)N3CCN(C4CCCCC4)CC3)cc1)CC2. The minimum atomic E-state index is -0.137. The van der Waals surface area contributed by atoms with E-state index in [-0.39, 0.29) is 11.8 Å². The smallest absolute Gasteiger partial charge is 0.253 e. The van der Waals surface area contributed by atoms with Gasteiger partial charge in [-0.1, -0.05) is 30.6 Å². The molecule has 42 heavy (non-hydrogen) atoms. The van der Waals surface area contributed by atoms with Crippen LogP contribution in [0.25, 0.3) is 27.5 Å². The van der Waals surface area contributed by atoms with Gasteiger partial charge in [-0.2, -0.15) is 5.10 Å². The summed E-state index contributed by atoms with van der Waals surface area (Å²) in [6.45, 7) is 4.98. The van der Waals surface area contributed by atoms with Crippen molar-refractivity contribution in [3.63, 3.8) is 0 Å². The maximum absolute atomic E-state index is 13.4. The highest BCUT2D eigenvalue weighted by atomic mass is 32.1. The average Bonchev–Trinajstić information content (AvgIpc) is 3.62.